The van der Waals surface area contributed by atoms with Crippen molar-refractivity contribution in [1.29, 1.82) is 0 Å². The van der Waals surface area contributed by atoms with E-state index in [2.05, 4.69) is 10.0 Å². The molecule has 1 saturated heterocycles. The van der Waals surface area contributed by atoms with E-state index in [9.17, 15) is 18.0 Å². The molecule has 2 amide bonds. The first-order chi connectivity index (χ1) is 9.22. The Bertz CT molecular complexity index is 465. The van der Waals surface area contributed by atoms with Crippen LogP contribution in [-0.4, -0.2) is 62.4 Å². The van der Waals surface area contributed by atoms with Crippen LogP contribution >= 0.6 is 0 Å². The lowest BCUT2D eigenvalue weighted by molar-refractivity contribution is -0.142. The fourth-order valence-electron chi connectivity index (χ4n) is 2.20. The van der Waals surface area contributed by atoms with Crippen molar-refractivity contribution in [2.75, 3.05) is 25.9 Å². The molecule has 20 heavy (non-hydrogen) atoms. The molecule has 1 heterocycles. The molecule has 0 aromatic carbocycles. The standard InChI is InChI=1S/C11H21N3O5S/c1-8-9(10(15)16)4-7-14(8)11(17)12-5-3-6-13-20(2,18)19/h8-9,13H,3-7H2,1-2H3,(H,12,17)(H,15,16). The van der Waals surface area contributed by atoms with Crippen molar-refractivity contribution in [2.45, 2.75) is 25.8 Å². The first-order valence-corrected chi connectivity index (χ1v) is 8.33. The smallest absolute Gasteiger partial charge is 0.317 e. The van der Waals surface area contributed by atoms with Crippen LogP contribution in [0.5, 0.6) is 0 Å². The van der Waals surface area contributed by atoms with Gasteiger partial charge in [0, 0.05) is 25.7 Å². The Morgan fingerprint density at radius 2 is 2.00 bits per heavy atom. The molecule has 1 rings (SSSR count). The van der Waals surface area contributed by atoms with Gasteiger partial charge in [0.25, 0.3) is 0 Å². The molecular formula is C11H21N3O5S. The van der Waals surface area contributed by atoms with Crippen molar-refractivity contribution in [2.24, 2.45) is 5.92 Å². The fraction of sp³-hybridized carbons (Fsp3) is 0.818. The highest BCUT2D eigenvalue weighted by molar-refractivity contribution is 7.88. The summed E-state index contributed by atoms with van der Waals surface area (Å²) in [5, 5.41) is 11.6. The highest BCUT2D eigenvalue weighted by Crippen LogP contribution is 2.24. The van der Waals surface area contributed by atoms with Gasteiger partial charge >= 0.3 is 12.0 Å². The minimum absolute atomic E-state index is 0.256. The molecule has 3 N–H and O–H groups in total. The third-order valence-corrected chi connectivity index (χ3v) is 4.06. The number of sulfonamides is 1. The van der Waals surface area contributed by atoms with Crippen LogP contribution in [0.4, 0.5) is 4.79 Å². The maximum Gasteiger partial charge on any atom is 0.317 e. The van der Waals surface area contributed by atoms with Crippen LogP contribution in [0.15, 0.2) is 0 Å². The van der Waals surface area contributed by atoms with Crippen molar-refractivity contribution < 1.29 is 23.1 Å². The van der Waals surface area contributed by atoms with Gasteiger partial charge in [-0.3, -0.25) is 4.79 Å². The zero-order valence-corrected chi connectivity index (χ0v) is 12.4. The molecule has 8 nitrogen and oxygen atoms in total. The fourth-order valence-corrected chi connectivity index (χ4v) is 2.71. The Labute approximate surface area is 118 Å². The summed E-state index contributed by atoms with van der Waals surface area (Å²) in [5.41, 5.74) is 0. The Hall–Kier alpha value is -1.35. The van der Waals surface area contributed by atoms with Gasteiger partial charge in [-0.05, 0) is 19.8 Å². The maximum absolute atomic E-state index is 11.9. The summed E-state index contributed by atoms with van der Waals surface area (Å²) >= 11 is 0. The van der Waals surface area contributed by atoms with Crippen LogP contribution in [0.2, 0.25) is 0 Å². The Balaban J connectivity index is 2.29. The van der Waals surface area contributed by atoms with Crippen LogP contribution in [0.25, 0.3) is 0 Å². The summed E-state index contributed by atoms with van der Waals surface area (Å²) in [7, 11) is -3.20. The van der Waals surface area contributed by atoms with Gasteiger partial charge in [0.2, 0.25) is 10.0 Å². The van der Waals surface area contributed by atoms with E-state index in [0.29, 0.717) is 25.9 Å². The van der Waals surface area contributed by atoms with Gasteiger partial charge in [-0.2, -0.15) is 0 Å². The zero-order chi connectivity index (χ0) is 15.3. The van der Waals surface area contributed by atoms with E-state index in [0.717, 1.165) is 6.26 Å². The van der Waals surface area contributed by atoms with Crippen molar-refractivity contribution >= 4 is 22.0 Å². The Kier molecular flexibility index (Phi) is 5.75. The van der Waals surface area contributed by atoms with Gasteiger partial charge in [-0.1, -0.05) is 0 Å². The van der Waals surface area contributed by atoms with Crippen molar-refractivity contribution in [3.05, 3.63) is 0 Å². The lowest BCUT2D eigenvalue weighted by Gasteiger charge is -2.23. The number of hydrogen-bond acceptors (Lipinski definition) is 4. The number of amides is 2. The number of aliphatic carboxylic acids is 1. The number of carbonyl (C=O) groups is 2. The van der Waals surface area contributed by atoms with Crippen molar-refractivity contribution in [1.82, 2.24) is 14.9 Å². The van der Waals surface area contributed by atoms with Gasteiger partial charge in [0.05, 0.1) is 12.2 Å². The highest BCUT2D eigenvalue weighted by atomic mass is 32.2. The number of nitrogens with zero attached hydrogens (tertiary/aromatic N) is 1. The normalized spacial score (nSPS) is 22.8. The molecule has 0 aliphatic carbocycles. The molecule has 1 fully saturated rings. The summed E-state index contributed by atoms with van der Waals surface area (Å²) in [6.45, 7) is 2.73. The van der Waals surface area contributed by atoms with E-state index in [4.69, 9.17) is 5.11 Å². The summed E-state index contributed by atoms with van der Waals surface area (Å²) in [4.78, 5) is 24.3. The molecular weight excluding hydrogens is 286 g/mol. The highest BCUT2D eigenvalue weighted by Gasteiger charge is 2.37. The van der Waals surface area contributed by atoms with Crippen LogP contribution in [0.1, 0.15) is 19.8 Å². The molecule has 9 heteroatoms. The molecule has 0 saturated carbocycles. The summed E-state index contributed by atoms with van der Waals surface area (Å²) in [6, 6.07) is -0.637. The third kappa shape index (κ3) is 4.97. The van der Waals surface area contributed by atoms with Crippen LogP contribution in [0.3, 0.4) is 0 Å². The van der Waals surface area contributed by atoms with E-state index < -0.39 is 21.9 Å². The number of rotatable bonds is 6. The summed E-state index contributed by atoms with van der Waals surface area (Å²) in [6.07, 6.45) is 2.01. The first-order valence-electron chi connectivity index (χ1n) is 6.44. The predicted molar refractivity (Wildman–Crippen MR) is 72.8 cm³/mol. The average molecular weight is 307 g/mol. The van der Waals surface area contributed by atoms with E-state index in [-0.39, 0.29) is 18.6 Å². The third-order valence-electron chi connectivity index (χ3n) is 3.33. The van der Waals surface area contributed by atoms with Crippen LogP contribution in [-0.2, 0) is 14.8 Å². The second-order valence-electron chi connectivity index (χ2n) is 4.92. The number of hydrogen-bond donors (Lipinski definition) is 3. The largest absolute Gasteiger partial charge is 0.481 e. The molecule has 0 aromatic heterocycles. The molecule has 0 spiro atoms. The Morgan fingerprint density at radius 3 is 2.50 bits per heavy atom. The number of carboxylic acid groups (broad SMARTS) is 1. The monoisotopic (exact) mass is 307 g/mol. The lowest BCUT2D eigenvalue weighted by atomic mass is 10.0. The van der Waals surface area contributed by atoms with Crippen molar-refractivity contribution in [3.8, 4) is 0 Å². The predicted octanol–water partition coefficient (Wildman–Crippen LogP) is -0.570. The second kappa shape index (κ2) is 6.89. The van der Waals surface area contributed by atoms with Gasteiger partial charge < -0.3 is 15.3 Å². The molecule has 0 aromatic rings. The van der Waals surface area contributed by atoms with Gasteiger partial charge in [0.1, 0.15) is 0 Å². The van der Waals surface area contributed by atoms with Gasteiger partial charge in [-0.25, -0.2) is 17.9 Å². The minimum Gasteiger partial charge on any atom is -0.481 e. The molecule has 2 atom stereocenters. The van der Waals surface area contributed by atoms with E-state index in [1.807, 2.05) is 0 Å². The van der Waals surface area contributed by atoms with E-state index in [1.54, 1.807) is 6.92 Å². The molecule has 1 aliphatic heterocycles. The molecule has 0 radical (unpaired) electrons. The summed E-state index contributed by atoms with van der Waals surface area (Å²) < 4.78 is 24.0. The molecule has 116 valence electrons. The SMILES string of the molecule is CC1C(C(=O)O)CCN1C(=O)NCCCNS(C)(=O)=O. The maximum atomic E-state index is 11.9. The second-order valence-corrected chi connectivity index (χ2v) is 6.75. The van der Waals surface area contributed by atoms with Crippen molar-refractivity contribution in [3.63, 3.8) is 0 Å². The van der Waals surface area contributed by atoms with Crippen LogP contribution in [0, 0.1) is 5.92 Å². The topological polar surface area (TPSA) is 116 Å². The number of urea groups is 1. The molecule has 0 bridgehead atoms. The average Bonchev–Trinajstić information content (AvgIpc) is 2.69. The number of carboxylic acids is 1. The Morgan fingerprint density at radius 1 is 1.35 bits per heavy atom. The lowest BCUT2D eigenvalue weighted by Crippen LogP contribution is -2.44. The summed E-state index contributed by atoms with van der Waals surface area (Å²) in [5.74, 6) is -1.40. The minimum atomic E-state index is -3.20. The number of likely N-dealkylation sites (tertiary alicyclic amines) is 1. The zero-order valence-electron chi connectivity index (χ0n) is 11.6. The van der Waals surface area contributed by atoms with Crippen LogP contribution < -0.4 is 10.0 Å². The number of nitrogens with one attached hydrogen (secondary N) is 2. The van der Waals surface area contributed by atoms with Gasteiger partial charge in [0.15, 0.2) is 0 Å². The number of carbonyl (C=O) groups excluding carboxylic acids is 1. The van der Waals surface area contributed by atoms with E-state index in [1.165, 1.54) is 4.90 Å². The molecule has 1 aliphatic rings. The quantitative estimate of drug-likeness (QED) is 0.568. The van der Waals surface area contributed by atoms with E-state index >= 15 is 0 Å². The molecule has 2 unspecified atom stereocenters. The van der Waals surface area contributed by atoms with Gasteiger partial charge in [-0.15, -0.1) is 0 Å². The first kappa shape index (κ1) is 16.7.